The van der Waals surface area contributed by atoms with Crippen LogP contribution in [0.2, 0.25) is 0 Å². The summed E-state index contributed by atoms with van der Waals surface area (Å²) in [6.45, 7) is 5.86. The number of hydrogen-bond donors (Lipinski definition) is 1. The van der Waals surface area contributed by atoms with Gasteiger partial charge in [0.25, 0.3) is 0 Å². The smallest absolute Gasteiger partial charge is 0.0622 e. The van der Waals surface area contributed by atoms with Gasteiger partial charge in [0.05, 0.1) is 10.3 Å². The summed E-state index contributed by atoms with van der Waals surface area (Å²) < 4.78 is 0.917. The quantitative estimate of drug-likeness (QED) is 0.578. The summed E-state index contributed by atoms with van der Waals surface area (Å²) in [5.41, 5.74) is 0. The zero-order chi connectivity index (χ0) is 12.7. The van der Waals surface area contributed by atoms with Gasteiger partial charge in [0.15, 0.2) is 0 Å². The zero-order valence-electron chi connectivity index (χ0n) is 10.7. The van der Waals surface area contributed by atoms with Gasteiger partial charge in [0, 0.05) is 12.2 Å². The molecular weight excluding hydrogens is 248 g/mol. The molecule has 2 atom stereocenters. The third kappa shape index (κ3) is 5.54. The summed E-state index contributed by atoms with van der Waals surface area (Å²) in [6.07, 6.45) is 8.85. The molecule has 0 radical (unpaired) electrons. The minimum Gasteiger partial charge on any atom is -0.392 e. The van der Waals surface area contributed by atoms with Gasteiger partial charge in [0.2, 0.25) is 0 Å². The van der Waals surface area contributed by atoms with Gasteiger partial charge in [-0.3, -0.25) is 0 Å². The number of rotatable bonds is 6. The lowest BCUT2D eigenvalue weighted by molar-refractivity contribution is 0.0754. The maximum absolute atomic E-state index is 10.2. The summed E-state index contributed by atoms with van der Waals surface area (Å²) in [5.74, 6) is 1.94. The summed E-state index contributed by atoms with van der Waals surface area (Å²) in [7, 11) is 0. The zero-order valence-corrected chi connectivity index (χ0v) is 12.4. The maximum atomic E-state index is 10.2. The van der Waals surface area contributed by atoms with Crippen molar-refractivity contribution >= 4 is 28.2 Å². The van der Waals surface area contributed by atoms with Crippen molar-refractivity contribution in [3.63, 3.8) is 0 Å². The Morgan fingerprint density at radius 3 is 2.71 bits per heavy atom. The Hall–Kier alpha value is 0.140. The van der Waals surface area contributed by atoms with Gasteiger partial charge in [-0.15, -0.1) is 18.3 Å². The van der Waals surface area contributed by atoms with Crippen molar-refractivity contribution < 1.29 is 5.11 Å². The molecule has 1 saturated carbocycles. The molecule has 1 aliphatic rings. The number of thioether (sulfide) groups is 1. The average Bonchev–Trinajstić information content (AvgIpc) is 2.36. The highest BCUT2D eigenvalue weighted by molar-refractivity contribution is 8.23. The normalized spacial score (nSPS) is 20.8. The lowest BCUT2D eigenvalue weighted by Gasteiger charge is -2.31. The Morgan fingerprint density at radius 1 is 1.47 bits per heavy atom. The van der Waals surface area contributed by atoms with E-state index in [1.807, 2.05) is 6.08 Å². The van der Waals surface area contributed by atoms with E-state index in [1.54, 1.807) is 11.8 Å². The molecule has 1 fully saturated rings. The first-order valence-corrected chi connectivity index (χ1v) is 7.99. The fraction of sp³-hybridized carbons (Fsp3) is 0.786. The van der Waals surface area contributed by atoms with Crippen molar-refractivity contribution in [2.75, 3.05) is 5.75 Å². The van der Waals surface area contributed by atoms with E-state index >= 15 is 0 Å². The Morgan fingerprint density at radius 2 is 2.12 bits per heavy atom. The predicted molar refractivity (Wildman–Crippen MR) is 81.6 cm³/mol. The molecule has 1 aliphatic carbocycles. The van der Waals surface area contributed by atoms with E-state index < -0.39 is 0 Å². The van der Waals surface area contributed by atoms with Crippen molar-refractivity contribution in [2.24, 2.45) is 11.8 Å². The van der Waals surface area contributed by atoms with Crippen LogP contribution in [-0.4, -0.2) is 21.2 Å². The van der Waals surface area contributed by atoms with Gasteiger partial charge in [-0.1, -0.05) is 57.3 Å². The van der Waals surface area contributed by atoms with E-state index in [1.165, 1.54) is 32.1 Å². The van der Waals surface area contributed by atoms with Crippen molar-refractivity contribution in [2.45, 2.75) is 51.6 Å². The third-order valence-electron chi connectivity index (χ3n) is 3.74. The summed E-state index contributed by atoms with van der Waals surface area (Å²) in [5, 5.41) is 10.2. The van der Waals surface area contributed by atoms with E-state index in [0.717, 1.165) is 9.95 Å². The summed E-state index contributed by atoms with van der Waals surface area (Å²) >= 11 is 6.89. The van der Waals surface area contributed by atoms with Crippen LogP contribution in [0.4, 0.5) is 0 Å². The molecule has 98 valence electrons. The Bertz CT molecular complexity index is 247. The second-order valence-electron chi connectivity index (χ2n) is 5.00. The monoisotopic (exact) mass is 272 g/mol. The number of hydrogen-bond acceptors (Lipinski definition) is 3. The molecule has 1 rings (SSSR count). The first kappa shape index (κ1) is 15.2. The van der Waals surface area contributed by atoms with E-state index in [4.69, 9.17) is 12.2 Å². The molecule has 0 amide bonds. The van der Waals surface area contributed by atoms with Crippen LogP contribution in [0.1, 0.15) is 45.4 Å². The number of aliphatic hydroxyl groups is 1. The Kier molecular flexibility index (Phi) is 7.40. The second kappa shape index (κ2) is 8.28. The highest BCUT2D eigenvalue weighted by Crippen LogP contribution is 2.32. The Balaban J connectivity index is 2.32. The molecule has 0 spiro atoms. The molecule has 3 heteroatoms. The third-order valence-corrected chi connectivity index (χ3v) is 5.15. The van der Waals surface area contributed by atoms with Crippen molar-refractivity contribution in [3.8, 4) is 0 Å². The van der Waals surface area contributed by atoms with Gasteiger partial charge in [-0.25, -0.2) is 0 Å². The fourth-order valence-corrected chi connectivity index (χ4v) is 3.51. The Labute approximate surface area is 115 Å². The number of thiocarbonyl (C=S) groups is 1. The minimum absolute atomic E-state index is 0.261. The highest BCUT2D eigenvalue weighted by atomic mass is 32.2. The van der Waals surface area contributed by atoms with Crippen LogP contribution in [0.25, 0.3) is 0 Å². The van der Waals surface area contributed by atoms with Crippen LogP contribution in [0.3, 0.4) is 0 Å². The molecule has 1 N–H and O–H groups in total. The van der Waals surface area contributed by atoms with Crippen molar-refractivity contribution in [3.05, 3.63) is 12.7 Å². The van der Waals surface area contributed by atoms with E-state index in [-0.39, 0.29) is 6.10 Å². The molecule has 0 aromatic carbocycles. The molecule has 0 aromatic rings. The van der Waals surface area contributed by atoms with Crippen LogP contribution in [-0.2, 0) is 0 Å². The molecule has 17 heavy (non-hydrogen) atoms. The van der Waals surface area contributed by atoms with Crippen LogP contribution in [0.5, 0.6) is 0 Å². The topological polar surface area (TPSA) is 20.2 Å². The standard InChI is InChI=1S/C14H24OS2/c1-3-9-17-14(16)10-13(15)11(2)12-7-5-4-6-8-12/h3,11-13,15H,1,4-10H2,2H3/t11-,13+/m1/s1. The molecule has 0 unspecified atom stereocenters. The first-order chi connectivity index (χ1) is 8.15. The summed E-state index contributed by atoms with van der Waals surface area (Å²) in [4.78, 5) is 0. The van der Waals surface area contributed by atoms with Crippen LogP contribution < -0.4 is 0 Å². The van der Waals surface area contributed by atoms with E-state index in [0.29, 0.717) is 18.3 Å². The highest BCUT2D eigenvalue weighted by Gasteiger charge is 2.26. The molecule has 0 aliphatic heterocycles. The lowest BCUT2D eigenvalue weighted by Crippen LogP contribution is -2.28. The molecule has 1 nitrogen and oxygen atoms in total. The number of aliphatic hydroxyl groups excluding tert-OH is 1. The fourth-order valence-electron chi connectivity index (χ4n) is 2.54. The van der Waals surface area contributed by atoms with Gasteiger partial charge in [-0.05, 0) is 11.8 Å². The van der Waals surface area contributed by atoms with Crippen LogP contribution >= 0.6 is 24.0 Å². The average molecular weight is 272 g/mol. The molecule has 0 bridgehead atoms. The van der Waals surface area contributed by atoms with Crippen molar-refractivity contribution in [1.82, 2.24) is 0 Å². The molecule has 0 heterocycles. The molecule has 0 saturated heterocycles. The molecule has 0 aromatic heterocycles. The lowest BCUT2D eigenvalue weighted by atomic mass is 9.78. The van der Waals surface area contributed by atoms with Gasteiger partial charge in [0.1, 0.15) is 0 Å². The van der Waals surface area contributed by atoms with Crippen molar-refractivity contribution in [1.29, 1.82) is 0 Å². The SMILES string of the molecule is C=CCSC(=S)C[C@H](O)[C@H](C)C1CCCCC1. The van der Waals surface area contributed by atoms with Crippen LogP contribution in [0.15, 0.2) is 12.7 Å². The van der Waals surface area contributed by atoms with Gasteiger partial charge in [-0.2, -0.15) is 0 Å². The van der Waals surface area contributed by atoms with Gasteiger partial charge < -0.3 is 5.11 Å². The van der Waals surface area contributed by atoms with Crippen LogP contribution in [0, 0.1) is 11.8 Å². The molecular formula is C14H24OS2. The largest absolute Gasteiger partial charge is 0.392 e. The van der Waals surface area contributed by atoms with E-state index in [2.05, 4.69) is 13.5 Å². The second-order valence-corrected chi connectivity index (χ2v) is 6.87. The maximum Gasteiger partial charge on any atom is 0.0622 e. The predicted octanol–water partition coefficient (Wildman–Crippen LogP) is 4.20. The van der Waals surface area contributed by atoms with Gasteiger partial charge >= 0.3 is 0 Å². The first-order valence-electron chi connectivity index (χ1n) is 6.59. The minimum atomic E-state index is -0.261. The van der Waals surface area contributed by atoms with E-state index in [9.17, 15) is 5.11 Å². The summed E-state index contributed by atoms with van der Waals surface area (Å²) in [6, 6.07) is 0.